The molecule has 2 rings (SSSR count). The number of aromatic nitrogens is 1. The average molecular weight is 286 g/mol. The van der Waals surface area contributed by atoms with Crippen molar-refractivity contribution < 1.29 is 13.2 Å². The number of hydrogen-bond acceptors (Lipinski definition) is 4. The van der Waals surface area contributed by atoms with Gasteiger partial charge in [0.15, 0.2) is 0 Å². The van der Waals surface area contributed by atoms with Crippen molar-refractivity contribution in [3.63, 3.8) is 0 Å². The van der Waals surface area contributed by atoms with Crippen molar-refractivity contribution in [1.82, 2.24) is 9.29 Å². The summed E-state index contributed by atoms with van der Waals surface area (Å²) in [5, 5.41) is 0. The maximum atomic E-state index is 12.3. The molecule has 7 heteroatoms. The molecule has 1 N–H and O–H groups in total. The van der Waals surface area contributed by atoms with Crippen LogP contribution in [0.4, 0.5) is 0 Å². The van der Waals surface area contributed by atoms with E-state index in [9.17, 15) is 13.2 Å². The molecule has 106 valence electrons. The third kappa shape index (κ3) is 3.05. The zero-order chi connectivity index (χ0) is 13.9. The fourth-order valence-corrected chi connectivity index (χ4v) is 3.73. The highest BCUT2D eigenvalue weighted by Gasteiger charge is 2.30. The maximum absolute atomic E-state index is 12.3. The van der Waals surface area contributed by atoms with Gasteiger partial charge in [0, 0.05) is 38.2 Å². The average Bonchev–Trinajstić information content (AvgIpc) is 2.40. The number of hydrogen-bond donors (Lipinski definition) is 1. The van der Waals surface area contributed by atoms with Gasteiger partial charge in [-0.05, 0) is 19.8 Å². The third-order valence-corrected chi connectivity index (χ3v) is 5.13. The molecule has 0 bridgehead atoms. The summed E-state index contributed by atoms with van der Waals surface area (Å²) in [6.07, 6.45) is 4.11. The Labute approximate surface area is 112 Å². The number of H-pyrrole nitrogens is 1. The first-order valence-electron chi connectivity index (χ1n) is 6.34. The van der Waals surface area contributed by atoms with Gasteiger partial charge in [-0.15, -0.1) is 0 Å². The van der Waals surface area contributed by atoms with Gasteiger partial charge < -0.3 is 9.72 Å². The fraction of sp³-hybridized carbons (Fsp3) is 0.583. The summed E-state index contributed by atoms with van der Waals surface area (Å²) >= 11 is 0. The lowest BCUT2D eigenvalue weighted by Crippen LogP contribution is -2.42. The van der Waals surface area contributed by atoms with E-state index >= 15 is 0 Å². The van der Waals surface area contributed by atoms with Crippen LogP contribution in [-0.4, -0.2) is 43.5 Å². The van der Waals surface area contributed by atoms with E-state index in [0.29, 0.717) is 32.5 Å². The van der Waals surface area contributed by atoms with Crippen LogP contribution in [0.5, 0.6) is 0 Å². The van der Waals surface area contributed by atoms with Crippen LogP contribution in [0.25, 0.3) is 0 Å². The highest BCUT2D eigenvalue weighted by atomic mass is 32.2. The minimum Gasteiger partial charge on any atom is -0.378 e. The summed E-state index contributed by atoms with van der Waals surface area (Å²) in [5.41, 5.74) is -0.481. The van der Waals surface area contributed by atoms with Crippen LogP contribution in [0.1, 0.15) is 19.8 Å². The van der Waals surface area contributed by atoms with E-state index in [1.54, 1.807) is 0 Å². The summed E-state index contributed by atoms with van der Waals surface area (Å²) in [6, 6.07) is 1.22. The lowest BCUT2D eigenvalue weighted by molar-refractivity contribution is 0.0290. The molecular weight excluding hydrogens is 268 g/mol. The largest absolute Gasteiger partial charge is 0.378 e. The van der Waals surface area contributed by atoms with E-state index < -0.39 is 15.5 Å². The first-order valence-corrected chi connectivity index (χ1v) is 7.78. The number of ether oxygens (including phenoxy) is 1. The summed E-state index contributed by atoms with van der Waals surface area (Å²) < 4.78 is 31.5. The monoisotopic (exact) mass is 286 g/mol. The quantitative estimate of drug-likeness (QED) is 0.877. The number of rotatable bonds is 4. The number of piperidine rings is 1. The summed E-state index contributed by atoms with van der Waals surface area (Å²) in [7, 11) is -3.70. The zero-order valence-electron chi connectivity index (χ0n) is 10.8. The van der Waals surface area contributed by atoms with Gasteiger partial charge in [0.2, 0.25) is 15.5 Å². The molecule has 1 aromatic rings. The van der Waals surface area contributed by atoms with Gasteiger partial charge in [-0.3, -0.25) is 4.79 Å². The molecular formula is C12H18N2O4S. The van der Waals surface area contributed by atoms with E-state index in [4.69, 9.17) is 4.74 Å². The third-order valence-electron chi connectivity index (χ3n) is 3.21. The normalized spacial score (nSPS) is 18.6. The smallest absolute Gasteiger partial charge is 0.248 e. The van der Waals surface area contributed by atoms with E-state index in [0.717, 1.165) is 0 Å². The van der Waals surface area contributed by atoms with Crippen molar-refractivity contribution in [2.75, 3.05) is 19.7 Å². The van der Waals surface area contributed by atoms with Gasteiger partial charge in [0.1, 0.15) is 4.90 Å². The van der Waals surface area contributed by atoms with E-state index in [1.807, 2.05) is 6.92 Å². The highest BCUT2D eigenvalue weighted by Crippen LogP contribution is 2.19. The molecule has 0 radical (unpaired) electrons. The molecule has 0 unspecified atom stereocenters. The summed E-state index contributed by atoms with van der Waals surface area (Å²) in [6.45, 7) is 3.34. The number of nitrogens with zero attached hydrogens (tertiary/aromatic N) is 1. The predicted octanol–water partition coefficient (Wildman–Crippen LogP) is 0.565. The van der Waals surface area contributed by atoms with Gasteiger partial charge in [-0.1, -0.05) is 0 Å². The lowest BCUT2D eigenvalue weighted by Gasteiger charge is -2.30. The molecule has 0 aliphatic carbocycles. The maximum Gasteiger partial charge on any atom is 0.248 e. The molecule has 1 aromatic heterocycles. The molecule has 2 heterocycles. The Morgan fingerprint density at radius 2 is 2.11 bits per heavy atom. The molecule has 1 aliphatic heterocycles. The minimum absolute atomic E-state index is 0.116. The standard InChI is InChI=1S/C12H18N2O4S/c1-2-18-10-4-7-14(8-5-10)19(16,17)12-9-13-6-3-11(12)15/h3,6,9-10H,2,4-5,7-8H2,1H3,(H,13,15). The Kier molecular flexibility index (Phi) is 4.38. The zero-order valence-corrected chi connectivity index (χ0v) is 11.6. The predicted molar refractivity (Wildman–Crippen MR) is 70.5 cm³/mol. The number of sulfonamides is 1. The van der Waals surface area contributed by atoms with Crippen LogP contribution in [0.15, 0.2) is 28.2 Å². The highest BCUT2D eigenvalue weighted by molar-refractivity contribution is 7.89. The van der Waals surface area contributed by atoms with Crippen LogP contribution in [0.2, 0.25) is 0 Å². The fourth-order valence-electron chi connectivity index (χ4n) is 2.22. The Bertz CT molecular complexity index is 573. The second-order valence-electron chi connectivity index (χ2n) is 4.43. The Balaban J connectivity index is 2.15. The SMILES string of the molecule is CCOC1CCN(S(=O)(=O)c2c[nH]ccc2=O)CC1. The van der Waals surface area contributed by atoms with E-state index in [1.165, 1.54) is 22.8 Å². The molecule has 0 aromatic carbocycles. The molecule has 0 atom stereocenters. The van der Waals surface area contributed by atoms with Crippen molar-refractivity contribution in [1.29, 1.82) is 0 Å². The van der Waals surface area contributed by atoms with Crippen molar-refractivity contribution in [3.05, 3.63) is 28.7 Å². The van der Waals surface area contributed by atoms with Crippen LogP contribution < -0.4 is 5.43 Å². The molecule has 0 spiro atoms. The van der Waals surface area contributed by atoms with Gasteiger partial charge in [0.25, 0.3) is 0 Å². The van der Waals surface area contributed by atoms with Gasteiger partial charge in [-0.25, -0.2) is 8.42 Å². The van der Waals surface area contributed by atoms with Crippen molar-refractivity contribution in [3.8, 4) is 0 Å². The topological polar surface area (TPSA) is 79.5 Å². The van der Waals surface area contributed by atoms with E-state index in [-0.39, 0.29) is 11.0 Å². The molecule has 1 fully saturated rings. The first kappa shape index (κ1) is 14.2. The van der Waals surface area contributed by atoms with Crippen LogP contribution in [0.3, 0.4) is 0 Å². The molecule has 1 saturated heterocycles. The Hall–Kier alpha value is -1.18. The summed E-state index contributed by atoms with van der Waals surface area (Å²) in [4.78, 5) is 14.1. The van der Waals surface area contributed by atoms with Crippen LogP contribution >= 0.6 is 0 Å². The van der Waals surface area contributed by atoms with Crippen molar-refractivity contribution in [2.45, 2.75) is 30.8 Å². The second-order valence-corrected chi connectivity index (χ2v) is 6.34. The molecule has 19 heavy (non-hydrogen) atoms. The van der Waals surface area contributed by atoms with Gasteiger partial charge in [0.05, 0.1) is 6.10 Å². The number of pyridine rings is 1. The van der Waals surface area contributed by atoms with E-state index in [2.05, 4.69) is 4.98 Å². The minimum atomic E-state index is -3.70. The van der Waals surface area contributed by atoms with Crippen LogP contribution in [-0.2, 0) is 14.8 Å². The van der Waals surface area contributed by atoms with Crippen molar-refractivity contribution >= 4 is 10.0 Å². The van der Waals surface area contributed by atoms with Gasteiger partial charge in [-0.2, -0.15) is 4.31 Å². The molecule has 0 saturated carbocycles. The number of nitrogens with one attached hydrogen (secondary N) is 1. The second kappa shape index (κ2) is 5.85. The molecule has 1 aliphatic rings. The van der Waals surface area contributed by atoms with Crippen LogP contribution in [0, 0.1) is 0 Å². The lowest BCUT2D eigenvalue weighted by atomic mass is 10.1. The Morgan fingerprint density at radius 1 is 1.42 bits per heavy atom. The number of aromatic amines is 1. The molecule has 0 amide bonds. The first-order chi connectivity index (χ1) is 9.05. The van der Waals surface area contributed by atoms with Crippen molar-refractivity contribution in [2.24, 2.45) is 0 Å². The summed E-state index contributed by atoms with van der Waals surface area (Å²) in [5.74, 6) is 0. The Morgan fingerprint density at radius 3 is 2.68 bits per heavy atom. The van der Waals surface area contributed by atoms with Gasteiger partial charge >= 0.3 is 0 Å². The molecule has 6 nitrogen and oxygen atoms in total.